The van der Waals surface area contributed by atoms with E-state index >= 15 is 0 Å². The van der Waals surface area contributed by atoms with E-state index in [0.717, 1.165) is 39.9 Å². The Morgan fingerprint density at radius 3 is 2.62 bits per heavy atom. The molecule has 4 heterocycles. The van der Waals surface area contributed by atoms with Gasteiger partial charge in [-0.05, 0) is 48.4 Å². The zero-order valence-corrected chi connectivity index (χ0v) is 21.5. The van der Waals surface area contributed by atoms with E-state index in [0.29, 0.717) is 29.6 Å². The number of hydrogen-bond donors (Lipinski definition) is 1. The Labute approximate surface area is 221 Å². The van der Waals surface area contributed by atoms with E-state index in [2.05, 4.69) is 15.0 Å². The van der Waals surface area contributed by atoms with Crippen molar-refractivity contribution in [2.24, 2.45) is 0 Å². The normalized spacial score (nSPS) is 15.4. The van der Waals surface area contributed by atoms with E-state index in [-0.39, 0.29) is 28.9 Å². The largest absolute Gasteiger partial charge is 0.433 e. The van der Waals surface area contributed by atoms with Crippen LogP contribution in [0.25, 0.3) is 10.9 Å². The SMILES string of the molecule is CC1OCc2c1c(N)nc1cc(CN(C(=O)c3ccc(C(F)(F)F)nc3)c3cccnc3S(C)(=O)=O)ccc21. The minimum Gasteiger partial charge on any atom is -0.383 e. The van der Waals surface area contributed by atoms with Crippen molar-refractivity contribution in [1.82, 2.24) is 15.0 Å². The lowest BCUT2D eigenvalue weighted by atomic mass is 10.0. The lowest BCUT2D eigenvalue weighted by molar-refractivity contribution is -0.141. The summed E-state index contributed by atoms with van der Waals surface area (Å²) in [7, 11) is -3.88. The molecule has 39 heavy (non-hydrogen) atoms. The molecule has 202 valence electrons. The molecule has 1 atom stereocenters. The second kappa shape index (κ2) is 9.58. The minimum atomic E-state index is -4.68. The van der Waals surface area contributed by atoms with Gasteiger partial charge in [-0.1, -0.05) is 12.1 Å². The van der Waals surface area contributed by atoms with Crippen LogP contribution in [0, 0.1) is 0 Å². The number of carbonyl (C=O) groups excluding carboxylic acids is 1. The first kappa shape index (κ1) is 26.5. The number of fused-ring (bicyclic) bond motifs is 3. The molecule has 0 radical (unpaired) electrons. The van der Waals surface area contributed by atoms with Crippen LogP contribution in [-0.2, 0) is 33.9 Å². The third kappa shape index (κ3) is 5.02. The first-order chi connectivity index (χ1) is 18.3. The molecule has 4 aromatic rings. The first-order valence-corrected chi connectivity index (χ1v) is 13.6. The van der Waals surface area contributed by atoms with Crippen LogP contribution in [0.5, 0.6) is 0 Å². The van der Waals surface area contributed by atoms with E-state index in [9.17, 15) is 26.4 Å². The lowest BCUT2D eigenvalue weighted by Gasteiger charge is -2.25. The highest BCUT2D eigenvalue weighted by atomic mass is 32.2. The molecule has 2 N–H and O–H groups in total. The van der Waals surface area contributed by atoms with Crippen molar-refractivity contribution in [3.8, 4) is 0 Å². The molecule has 0 fully saturated rings. The molecular weight excluding hydrogens is 535 g/mol. The Balaban J connectivity index is 1.60. The van der Waals surface area contributed by atoms with Crippen molar-refractivity contribution < 1.29 is 31.1 Å². The van der Waals surface area contributed by atoms with Gasteiger partial charge in [-0.2, -0.15) is 13.2 Å². The summed E-state index contributed by atoms with van der Waals surface area (Å²) in [5, 5.41) is 0.473. The van der Waals surface area contributed by atoms with Crippen LogP contribution >= 0.6 is 0 Å². The summed E-state index contributed by atoms with van der Waals surface area (Å²) < 4.78 is 69.8. The van der Waals surface area contributed by atoms with Gasteiger partial charge >= 0.3 is 6.18 Å². The number of nitrogens with two attached hydrogens (primary N) is 1. The van der Waals surface area contributed by atoms with Crippen LogP contribution in [0.1, 0.15) is 45.8 Å². The number of hydrogen-bond acceptors (Lipinski definition) is 8. The number of halogens is 3. The third-order valence-corrected chi connectivity index (χ3v) is 7.41. The zero-order chi connectivity index (χ0) is 28.1. The number of nitrogen functional groups attached to an aromatic ring is 1. The molecule has 1 aliphatic rings. The molecule has 1 aromatic carbocycles. The number of pyridine rings is 3. The van der Waals surface area contributed by atoms with Gasteiger partial charge in [0.1, 0.15) is 11.5 Å². The molecule has 1 unspecified atom stereocenters. The number of aromatic nitrogens is 3. The van der Waals surface area contributed by atoms with Crippen LogP contribution in [0.4, 0.5) is 24.7 Å². The summed E-state index contributed by atoms with van der Waals surface area (Å²) in [4.78, 5) is 26.6. The maximum Gasteiger partial charge on any atom is 0.433 e. The highest BCUT2D eigenvalue weighted by Crippen LogP contribution is 2.38. The maximum atomic E-state index is 13.6. The summed E-state index contributed by atoms with van der Waals surface area (Å²) >= 11 is 0. The van der Waals surface area contributed by atoms with Gasteiger partial charge in [0.05, 0.1) is 36.0 Å². The fourth-order valence-corrected chi connectivity index (χ4v) is 5.39. The monoisotopic (exact) mass is 557 g/mol. The number of carbonyl (C=O) groups is 1. The quantitative estimate of drug-likeness (QED) is 0.381. The zero-order valence-electron chi connectivity index (χ0n) is 20.7. The Bertz CT molecular complexity index is 1710. The predicted octanol–water partition coefficient (Wildman–Crippen LogP) is 4.47. The van der Waals surface area contributed by atoms with E-state index in [1.807, 2.05) is 13.0 Å². The maximum absolute atomic E-state index is 13.6. The van der Waals surface area contributed by atoms with E-state index in [4.69, 9.17) is 10.5 Å². The van der Waals surface area contributed by atoms with Crippen molar-refractivity contribution >= 4 is 38.2 Å². The number of nitrogens with zero attached hydrogens (tertiary/aromatic N) is 4. The summed E-state index contributed by atoms with van der Waals surface area (Å²) in [6.07, 6.45) is -1.84. The van der Waals surface area contributed by atoms with Crippen molar-refractivity contribution in [3.05, 3.63) is 82.8 Å². The molecule has 0 saturated carbocycles. The fraction of sp³-hybridized carbons (Fsp3) is 0.231. The molecule has 1 aliphatic heterocycles. The highest BCUT2D eigenvalue weighted by molar-refractivity contribution is 7.90. The van der Waals surface area contributed by atoms with Gasteiger partial charge in [-0.15, -0.1) is 0 Å². The number of amides is 1. The third-order valence-electron chi connectivity index (χ3n) is 6.39. The van der Waals surface area contributed by atoms with Gasteiger partial charge in [0.2, 0.25) is 0 Å². The number of alkyl halides is 3. The summed E-state index contributed by atoms with van der Waals surface area (Å²) in [6.45, 7) is 2.12. The van der Waals surface area contributed by atoms with Crippen molar-refractivity contribution in [2.45, 2.75) is 37.4 Å². The Hall–Kier alpha value is -4.10. The topological polar surface area (TPSA) is 128 Å². The second-order valence-electron chi connectivity index (χ2n) is 9.12. The van der Waals surface area contributed by atoms with Gasteiger partial charge in [0.25, 0.3) is 5.91 Å². The molecule has 0 bridgehead atoms. The van der Waals surface area contributed by atoms with E-state index in [1.54, 1.807) is 12.1 Å². The Morgan fingerprint density at radius 2 is 1.95 bits per heavy atom. The van der Waals surface area contributed by atoms with Gasteiger partial charge in [0.15, 0.2) is 14.9 Å². The van der Waals surface area contributed by atoms with E-state index < -0.39 is 27.6 Å². The van der Waals surface area contributed by atoms with Gasteiger partial charge < -0.3 is 15.4 Å². The van der Waals surface area contributed by atoms with Crippen molar-refractivity contribution in [1.29, 1.82) is 0 Å². The second-order valence-corrected chi connectivity index (χ2v) is 11.0. The summed E-state index contributed by atoms with van der Waals surface area (Å²) in [5.41, 5.74) is 7.70. The first-order valence-electron chi connectivity index (χ1n) is 11.7. The number of sulfone groups is 1. The molecular formula is C26H22F3N5O4S. The number of ether oxygens (including phenoxy) is 1. The van der Waals surface area contributed by atoms with E-state index in [1.165, 1.54) is 18.3 Å². The predicted molar refractivity (Wildman–Crippen MR) is 136 cm³/mol. The highest BCUT2D eigenvalue weighted by Gasteiger charge is 2.33. The van der Waals surface area contributed by atoms with Gasteiger partial charge in [-0.3, -0.25) is 9.78 Å². The molecule has 3 aromatic heterocycles. The summed E-state index contributed by atoms with van der Waals surface area (Å²) in [6, 6.07) is 9.85. The van der Waals surface area contributed by atoms with Crippen LogP contribution in [-0.4, -0.2) is 35.5 Å². The van der Waals surface area contributed by atoms with Crippen molar-refractivity contribution in [3.63, 3.8) is 0 Å². The molecule has 9 nitrogen and oxygen atoms in total. The molecule has 1 amide bonds. The van der Waals surface area contributed by atoms with Crippen molar-refractivity contribution in [2.75, 3.05) is 16.9 Å². The number of rotatable bonds is 5. The molecule has 13 heteroatoms. The Kier molecular flexibility index (Phi) is 6.51. The van der Waals surface area contributed by atoms with Gasteiger partial charge in [0, 0.05) is 29.6 Å². The average Bonchev–Trinajstić information content (AvgIpc) is 3.28. The minimum absolute atomic E-state index is 0.0337. The average molecular weight is 558 g/mol. The number of benzene rings is 1. The molecule has 0 aliphatic carbocycles. The van der Waals surface area contributed by atoms with Gasteiger partial charge in [-0.25, -0.2) is 18.4 Å². The smallest absolute Gasteiger partial charge is 0.383 e. The molecule has 0 spiro atoms. The summed E-state index contributed by atoms with van der Waals surface area (Å²) in [5.74, 6) is -0.437. The Morgan fingerprint density at radius 1 is 1.18 bits per heavy atom. The standard InChI is InChI=1S/C26H22F3N5O4S/c1-14-22-18(13-38-14)17-7-5-15(10-19(17)33-23(22)30)12-34(20-4-3-9-31-24(20)39(2,36)37)25(35)16-6-8-21(32-11-16)26(27,28)29/h3-11,14H,12-13H2,1-2H3,(H2,30,33). The molecule has 5 rings (SSSR count). The van der Waals surface area contributed by atoms with Crippen LogP contribution in [0.15, 0.2) is 59.9 Å². The molecule has 0 saturated heterocycles. The fourth-order valence-electron chi connectivity index (χ4n) is 4.58. The van der Waals surface area contributed by atoms with Crippen LogP contribution < -0.4 is 10.6 Å². The lowest BCUT2D eigenvalue weighted by Crippen LogP contribution is -2.32. The number of anilines is 2. The van der Waals surface area contributed by atoms with Crippen LogP contribution in [0.2, 0.25) is 0 Å². The van der Waals surface area contributed by atoms with Crippen LogP contribution in [0.3, 0.4) is 0 Å².